The molecule has 2 aromatic carbocycles. The lowest BCUT2D eigenvalue weighted by Gasteiger charge is -2.24. The van der Waals surface area contributed by atoms with Crippen LogP contribution in [-0.4, -0.2) is 50.6 Å². The Balaban J connectivity index is 1.68. The Labute approximate surface area is 197 Å². The van der Waals surface area contributed by atoms with Crippen molar-refractivity contribution in [2.45, 2.75) is 31.7 Å². The average molecular weight is 481 g/mol. The number of nitrogens with zero attached hydrogens (tertiary/aromatic N) is 1. The van der Waals surface area contributed by atoms with Gasteiger partial charge < -0.3 is 24.4 Å². The minimum atomic E-state index is -0.535. The quantitative estimate of drug-likeness (QED) is 0.598. The summed E-state index contributed by atoms with van der Waals surface area (Å²) in [4.78, 5) is 27.5. The summed E-state index contributed by atoms with van der Waals surface area (Å²) >= 11 is 12.0. The van der Waals surface area contributed by atoms with E-state index in [4.69, 9.17) is 37.4 Å². The maximum Gasteiger partial charge on any atom is 0.247 e. The third-order valence-corrected chi connectivity index (χ3v) is 5.84. The number of anilines is 1. The highest BCUT2D eigenvalue weighted by Gasteiger charge is 2.34. The van der Waals surface area contributed by atoms with Crippen LogP contribution in [-0.2, 0) is 16.0 Å². The Bertz CT molecular complexity index is 978. The number of hydrogen-bond acceptors (Lipinski definition) is 5. The van der Waals surface area contributed by atoms with Crippen molar-refractivity contribution >= 4 is 40.7 Å². The number of aryl methyl sites for hydroxylation is 1. The molecule has 0 aliphatic carbocycles. The van der Waals surface area contributed by atoms with Crippen molar-refractivity contribution in [1.82, 2.24) is 4.90 Å². The van der Waals surface area contributed by atoms with Gasteiger partial charge in [0.15, 0.2) is 11.5 Å². The molecule has 0 aromatic heterocycles. The van der Waals surface area contributed by atoms with Crippen molar-refractivity contribution in [3.63, 3.8) is 0 Å². The number of methoxy groups -OCH3 is 3. The maximum absolute atomic E-state index is 13.0. The molecule has 3 rings (SSSR count). The van der Waals surface area contributed by atoms with Crippen LogP contribution >= 0.6 is 23.2 Å². The summed E-state index contributed by atoms with van der Waals surface area (Å²) in [5.41, 5.74) is 1.33. The van der Waals surface area contributed by atoms with Gasteiger partial charge in [0.25, 0.3) is 0 Å². The average Bonchev–Trinajstić information content (AvgIpc) is 3.26. The Hall–Kier alpha value is -2.64. The van der Waals surface area contributed by atoms with Crippen LogP contribution in [0, 0.1) is 0 Å². The van der Waals surface area contributed by atoms with E-state index in [0.29, 0.717) is 52.4 Å². The van der Waals surface area contributed by atoms with Gasteiger partial charge in [0.05, 0.1) is 21.3 Å². The van der Waals surface area contributed by atoms with Gasteiger partial charge in [-0.15, -0.1) is 0 Å². The summed E-state index contributed by atoms with van der Waals surface area (Å²) in [6.07, 6.45) is 2.04. The molecule has 0 spiro atoms. The second kappa shape index (κ2) is 10.8. The molecule has 9 heteroatoms. The van der Waals surface area contributed by atoms with Crippen LogP contribution in [0.5, 0.6) is 17.2 Å². The predicted octanol–water partition coefficient (Wildman–Crippen LogP) is 4.58. The van der Waals surface area contributed by atoms with Gasteiger partial charge in [-0.1, -0.05) is 29.3 Å². The molecule has 1 aliphatic heterocycles. The first-order chi connectivity index (χ1) is 15.4. The molecule has 1 N–H and O–H groups in total. The van der Waals surface area contributed by atoms with Gasteiger partial charge in [0.1, 0.15) is 6.04 Å². The molecule has 172 valence electrons. The fourth-order valence-corrected chi connectivity index (χ4v) is 4.46. The van der Waals surface area contributed by atoms with Crippen LogP contribution in [0.15, 0.2) is 30.3 Å². The second-order valence-electron chi connectivity index (χ2n) is 7.39. The first kappa shape index (κ1) is 24.0. The molecular weight excluding hydrogens is 455 g/mol. The van der Waals surface area contributed by atoms with Gasteiger partial charge in [-0.3, -0.25) is 9.59 Å². The Kier molecular flexibility index (Phi) is 8.10. The van der Waals surface area contributed by atoms with Crippen molar-refractivity contribution in [2.75, 3.05) is 33.2 Å². The summed E-state index contributed by atoms with van der Waals surface area (Å²) in [6.45, 7) is 0.538. The van der Waals surface area contributed by atoms with Crippen molar-refractivity contribution in [3.8, 4) is 17.2 Å². The number of carbonyl (C=O) groups is 2. The van der Waals surface area contributed by atoms with Crippen molar-refractivity contribution in [3.05, 3.63) is 45.9 Å². The van der Waals surface area contributed by atoms with Gasteiger partial charge in [-0.25, -0.2) is 0 Å². The van der Waals surface area contributed by atoms with Crippen LogP contribution in [0.25, 0.3) is 0 Å². The molecule has 2 aromatic rings. The Morgan fingerprint density at radius 2 is 1.72 bits per heavy atom. The van der Waals surface area contributed by atoms with E-state index in [9.17, 15) is 9.59 Å². The van der Waals surface area contributed by atoms with Crippen molar-refractivity contribution < 1.29 is 23.8 Å². The Morgan fingerprint density at radius 3 is 2.34 bits per heavy atom. The summed E-state index contributed by atoms with van der Waals surface area (Å²) in [5.74, 6) is 1.23. The predicted molar refractivity (Wildman–Crippen MR) is 124 cm³/mol. The van der Waals surface area contributed by atoms with Gasteiger partial charge in [-0.05, 0) is 49.1 Å². The largest absolute Gasteiger partial charge is 0.493 e. The molecular formula is C23H26Cl2N2O5. The zero-order chi connectivity index (χ0) is 23.3. The number of ether oxygens (including phenoxy) is 3. The zero-order valence-corrected chi connectivity index (χ0v) is 19.8. The molecule has 2 amide bonds. The lowest BCUT2D eigenvalue weighted by Crippen LogP contribution is -2.43. The van der Waals surface area contributed by atoms with Crippen LogP contribution in [0.4, 0.5) is 5.69 Å². The third kappa shape index (κ3) is 5.40. The fourth-order valence-electron chi connectivity index (χ4n) is 3.93. The highest BCUT2D eigenvalue weighted by Crippen LogP contribution is 2.40. The minimum Gasteiger partial charge on any atom is -0.493 e. The number of nitrogens with one attached hydrogen (secondary N) is 1. The molecule has 1 atom stereocenters. The molecule has 32 heavy (non-hydrogen) atoms. The fraction of sp³-hybridized carbons (Fsp3) is 0.391. The monoisotopic (exact) mass is 480 g/mol. The maximum atomic E-state index is 13.0. The van der Waals surface area contributed by atoms with E-state index in [0.717, 1.165) is 12.0 Å². The molecule has 1 aliphatic rings. The molecule has 0 radical (unpaired) electrons. The molecule has 1 unspecified atom stereocenters. The second-order valence-corrected chi connectivity index (χ2v) is 8.26. The number of halogens is 2. The van der Waals surface area contributed by atoms with E-state index in [1.807, 2.05) is 6.07 Å². The topological polar surface area (TPSA) is 77.1 Å². The number of hydrogen-bond donors (Lipinski definition) is 1. The number of benzene rings is 2. The first-order valence-corrected chi connectivity index (χ1v) is 11.0. The molecule has 1 fully saturated rings. The van der Waals surface area contributed by atoms with Gasteiger partial charge in [0.2, 0.25) is 17.6 Å². The number of amides is 2. The highest BCUT2D eigenvalue weighted by atomic mass is 35.5. The van der Waals surface area contributed by atoms with Gasteiger partial charge in [-0.2, -0.15) is 0 Å². The van der Waals surface area contributed by atoms with E-state index >= 15 is 0 Å². The number of rotatable bonds is 8. The lowest BCUT2D eigenvalue weighted by atomic mass is 10.1. The van der Waals surface area contributed by atoms with Crippen LogP contribution < -0.4 is 19.5 Å². The summed E-state index contributed by atoms with van der Waals surface area (Å²) in [5, 5.41) is 3.67. The molecule has 0 bridgehead atoms. The van der Waals surface area contributed by atoms with E-state index < -0.39 is 6.04 Å². The summed E-state index contributed by atoms with van der Waals surface area (Å²) < 4.78 is 16.2. The van der Waals surface area contributed by atoms with E-state index in [1.165, 1.54) is 7.11 Å². The highest BCUT2D eigenvalue weighted by molar-refractivity contribution is 6.35. The number of carbonyl (C=O) groups excluding carboxylic acids is 2. The van der Waals surface area contributed by atoms with E-state index in [-0.39, 0.29) is 18.2 Å². The SMILES string of the molecule is COc1ccc(CCC(=O)N2CCCC2C(=O)Nc2cc(Cl)cc(Cl)c2)c(OC)c1OC. The normalized spacial score (nSPS) is 15.4. The third-order valence-electron chi connectivity index (χ3n) is 5.40. The molecule has 1 saturated heterocycles. The summed E-state index contributed by atoms with van der Waals surface area (Å²) in [6, 6.07) is 7.93. The van der Waals surface area contributed by atoms with Crippen molar-refractivity contribution in [1.29, 1.82) is 0 Å². The van der Waals surface area contributed by atoms with E-state index in [1.54, 1.807) is 43.4 Å². The zero-order valence-electron chi connectivity index (χ0n) is 18.2. The van der Waals surface area contributed by atoms with Crippen molar-refractivity contribution in [2.24, 2.45) is 0 Å². The number of likely N-dealkylation sites (tertiary alicyclic amines) is 1. The lowest BCUT2D eigenvalue weighted by molar-refractivity contribution is -0.136. The standard InChI is InChI=1S/C23H26Cl2N2O5/c1-30-19-8-6-14(21(31-2)22(19)32-3)7-9-20(28)27-10-4-5-18(27)23(29)26-17-12-15(24)11-16(25)13-17/h6,8,11-13,18H,4-5,7,9-10H2,1-3H3,(H,26,29). The smallest absolute Gasteiger partial charge is 0.247 e. The van der Waals surface area contributed by atoms with E-state index in [2.05, 4.69) is 5.32 Å². The van der Waals surface area contributed by atoms with Crippen LogP contribution in [0.1, 0.15) is 24.8 Å². The van der Waals surface area contributed by atoms with Gasteiger partial charge in [0, 0.05) is 28.7 Å². The minimum absolute atomic E-state index is 0.0939. The van der Waals surface area contributed by atoms with Crippen LogP contribution in [0.2, 0.25) is 10.0 Å². The Morgan fingerprint density at radius 1 is 1.03 bits per heavy atom. The molecule has 7 nitrogen and oxygen atoms in total. The first-order valence-electron chi connectivity index (χ1n) is 10.2. The van der Waals surface area contributed by atoms with Gasteiger partial charge >= 0.3 is 0 Å². The molecule has 1 heterocycles. The van der Waals surface area contributed by atoms with Crippen LogP contribution in [0.3, 0.4) is 0 Å². The summed E-state index contributed by atoms with van der Waals surface area (Å²) in [7, 11) is 4.64. The molecule has 0 saturated carbocycles.